The van der Waals surface area contributed by atoms with Gasteiger partial charge in [0.15, 0.2) is 5.13 Å². The molecule has 0 atom stereocenters. The number of thiazole rings is 1. The lowest BCUT2D eigenvalue weighted by atomic mass is 9.94. The summed E-state index contributed by atoms with van der Waals surface area (Å²) in [6.45, 7) is 3.58. The van der Waals surface area contributed by atoms with Crippen molar-refractivity contribution in [3.05, 3.63) is 89.6 Å². The minimum absolute atomic E-state index is 0.165. The number of hydrogen-bond acceptors (Lipinski definition) is 6. The normalized spacial score (nSPS) is 11.1. The van der Waals surface area contributed by atoms with E-state index < -0.39 is 5.54 Å². The minimum atomic E-state index is -0.561. The fourth-order valence-corrected chi connectivity index (χ4v) is 4.09. The maximum atomic E-state index is 12.5. The number of nitrogens with two attached hydrogens (primary N) is 1. The number of hydrogen-bond donors (Lipinski definition) is 3. The Balaban J connectivity index is 1.37. The average Bonchev–Trinajstić information content (AvgIpc) is 3.31. The summed E-state index contributed by atoms with van der Waals surface area (Å²) >= 11 is 1.33. The van der Waals surface area contributed by atoms with E-state index in [1.54, 1.807) is 30.6 Å². The Labute approximate surface area is 202 Å². The van der Waals surface area contributed by atoms with Gasteiger partial charge in [0, 0.05) is 34.4 Å². The van der Waals surface area contributed by atoms with Crippen LogP contribution in [0.5, 0.6) is 0 Å². The minimum Gasteiger partial charge on any atom is -0.343 e. The number of nitrogens with one attached hydrogen (secondary N) is 2. The van der Waals surface area contributed by atoms with Crippen molar-refractivity contribution in [3.8, 4) is 22.4 Å². The third-order valence-corrected chi connectivity index (χ3v) is 5.96. The molecule has 0 fully saturated rings. The predicted octanol–water partition coefficient (Wildman–Crippen LogP) is 4.43. The fraction of sp³-hybridized carbons (Fsp3) is 0.154. The average molecular weight is 472 g/mol. The van der Waals surface area contributed by atoms with Gasteiger partial charge in [-0.05, 0) is 60.9 Å². The lowest BCUT2D eigenvalue weighted by molar-refractivity contribution is -0.115. The Morgan fingerprint density at radius 2 is 1.71 bits per heavy atom. The smallest absolute Gasteiger partial charge is 0.251 e. The molecule has 2 amide bonds. The first kappa shape index (κ1) is 23.3. The van der Waals surface area contributed by atoms with E-state index in [1.807, 2.05) is 61.7 Å². The first-order valence-corrected chi connectivity index (χ1v) is 11.6. The summed E-state index contributed by atoms with van der Waals surface area (Å²) in [5, 5.41) is 7.74. The van der Waals surface area contributed by atoms with Gasteiger partial charge < -0.3 is 16.4 Å². The molecule has 2 aromatic carbocycles. The van der Waals surface area contributed by atoms with Crippen molar-refractivity contribution in [1.82, 2.24) is 15.3 Å². The fourth-order valence-electron chi connectivity index (χ4n) is 3.35. The Morgan fingerprint density at radius 3 is 2.47 bits per heavy atom. The molecule has 0 aliphatic rings. The molecule has 0 aliphatic heterocycles. The van der Waals surface area contributed by atoms with Crippen LogP contribution in [0, 0.1) is 0 Å². The van der Waals surface area contributed by atoms with Crippen molar-refractivity contribution in [1.29, 1.82) is 0 Å². The quantitative estimate of drug-likeness (QED) is 0.369. The third-order valence-electron chi connectivity index (χ3n) is 5.20. The van der Waals surface area contributed by atoms with Crippen molar-refractivity contribution in [2.75, 3.05) is 11.9 Å². The molecule has 7 nitrogen and oxygen atoms in total. The van der Waals surface area contributed by atoms with E-state index in [1.165, 1.54) is 11.3 Å². The van der Waals surface area contributed by atoms with Crippen molar-refractivity contribution in [3.63, 3.8) is 0 Å². The largest absolute Gasteiger partial charge is 0.343 e. The van der Waals surface area contributed by atoms with Gasteiger partial charge in [0.25, 0.3) is 5.91 Å². The highest BCUT2D eigenvalue weighted by molar-refractivity contribution is 7.14. The molecule has 4 N–H and O–H groups in total. The molecule has 172 valence electrons. The molecule has 0 radical (unpaired) electrons. The molecular weight excluding hydrogens is 446 g/mol. The summed E-state index contributed by atoms with van der Waals surface area (Å²) in [5.41, 5.74) is 10.7. The second-order valence-electron chi connectivity index (χ2n) is 8.39. The second kappa shape index (κ2) is 9.94. The molecular formula is C26H25N5O2S. The maximum absolute atomic E-state index is 12.5. The van der Waals surface area contributed by atoms with E-state index in [9.17, 15) is 9.59 Å². The highest BCUT2D eigenvalue weighted by atomic mass is 32.1. The van der Waals surface area contributed by atoms with Gasteiger partial charge >= 0.3 is 0 Å². The second-order valence-corrected chi connectivity index (χ2v) is 9.25. The highest BCUT2D eigenvalue weighted by Crippen LogP contribution is 2.28. The van der Waals surface area contributed by atoms with Crippen LogP contribution in [0.4, 0.5) is 5.13 Å². The number of carbonyl (C=O) groups excluding carboxylic acids is 2. The number of aromatic nitrogens is 2. The number of rotatable bonds is 7. The van der Waals surface area contributed by atoms with Crippen LogP contribution in [-0.2, 0) is 10.3 Å². The van der Waals surface area contributed by atoms with Crippen LogP contribution in [0.2, 0.25) is 0 Å². The Kier molecular flexibility index (Phi) is 6.81. The lowest BCUT2D eigenvalue weighted by Crippen LogP contribution is -2.33. The van der Waals surface area contributed by atoms with E-state index in [4.69, 9.17) is 5.73 Å². The molecule has 4 rings (SSSR count). The van der Waals surface area contributed by atoms with Gasteiger partial charge in [0.2, 0.25) is 5.91 Å². The van der Waals surface area contributed by atoms with Crippen LogP contribution < -0.4 is 16.4 Å². The van der Waals surface area contributed by atoms with Crippen LogP contribution in [0.1, 0.15) is 29.8 Å². The van der Waals surface area contributed by atoms with Crippen LogP contribution in [0.15, 0.2) is 78.4 Å². The Hall–Kier alpha value is -3.88. The topological polar surface area (TPSA) is 110 Å². The summed E-state index contributed by atoms with van der Waals surface area (Å²) in [5.74, 6) is -0.691. The van der Waals surface area contributed by atoms with Crippen LogP contribution >= 0.6 is 11.3 Å². The van der Waals surface area contributed by atoms with Crippen LogP contribution in [0.25, 0.3) is 22.4 Å². The van der Waals surface area contributed by atoms with E-state index in [0.29, 0.717) is 10.7 Å². The summed E-state index contributed by atoms with van der Waals surface area (Å²) in [6.07, 6.45) is 3.51. The zero-order valence-electron chi connectivity index (χ0n) is 18.9. The summed E-state index contributed by atoms with van der Waals surface area (Å²) in [7, 11) is 0. The first-order chi connectivity index (χ1) is 16.3. The van der Waals surface area contributed by atoms with Crippen LogP contribution in [0.3, 0.4) is 0 Å². The molecule has 0 saturated carbocycles. The molecule has 0 bridgehead atoms. The van der Waals surface area contributed by atoms with Gasteiger partial charge in [0.05, 0.1) is 12.2 Å². The Morgan fingerprint density at radius 1 is 0.971 bits per heavy atom. The highest BCUT2D eigenvalue weighted by Gasteiger charge is 2.16. The van der Waals surface area contributed by atoms with Gasteiger partial charge in [0.1, 0.15) is 0 Å². The third kappa shape index (κ3) is 5.72. The lowest BCUT2D eigenvalue weighted by Gasteiger charge is -2.19. The molecule has 4 aromatic rings. The molecule has 0 saturated heterocycles. The van der Waals surface area contributed by atoms with Crippen molar-refractivity contribution < 1.29 is 9.59 Å². The van der Waals surface area contributed by atoms with E-state index >= 15 is 0 Å². The summed E-state index contributed by atoms with van der Waals surface area (Å²) in [4.78, 5) is 33.4. The molecule has 2 heterocycles. The number of carbonyl (C=O) groups is 2. The first-order valence-electron chi connectivity index (χ1n) is 10.7. The predicted molar refractivity (Wildman–Crippen MR) is 135 cm³/mol. The molecule has 8 heteroatoms. The van der Waals surface area contributed by atoms with Gasteiger partial charge in [-0.3, -0.25) is 14.6 Å². The van der Waals surface area contributed by atoms with Crippen molar-refractivity contribution in [2.24, 2.45) is 5.73 Å². The number of amides is 2. The van der Waals surface area contributed by atoms with E-state index in [2.05, 4.69) is 20.6 Å². The maximum Gasteiger partial charge on any atom is 0.251 e. The molecule has 34 heavy (non-hydrogen) atoms. The van der Waals surface area contributed by atoms with E-state index in [0.717, 1.165) is 27.9 Å². The van der Waals surface area contributed by atoms with Gasteiger partial charge in [-0.15, -0.1) is 11.3 Å². The number of anilines is 1. The Bertz CT molecular complexity index is 1310. The standard InChI is InChI=1S/C26H25N5O2S/c1-26(2,27)21-8-4-7-20(14-21)24(33)29-15-23(32)31-25-30-22(16-34-25)19-6-3-5-18(13-19)17-9-11-28-12-10-17/h3-14,16H,15,27H2,1-2H3,(H,29,33)(H,30,31,32). The van der Waals surface area contributed by atoms with Crippen molar-refractivity contribution in [2.45, 2.75) is 19.4 Å². The summed E-state index contributed by atoms with van der Waals surface area (Å²) < 4.78 is 0. The molecule has 0 unspecified atom stereocenters. The SMILES string of the molecule is CC(C)(N)c1cccc(C(=O)NCC(=O)Nc2nc(-c3cccc(-c4ccncc4)c3)cs2)c1. The number of nitrogens with zero attached hydrogens (tertiary/aromatic N) is 2. The van der Waals surface area contributed by atoms with Gasteiger partial charge in [-0.25, -0.2) is 4.98 Å². The molecule has 2 aromatic heterocycles. The zero-order valence-corrected chi connectivity index (χ0v) is 19.7. The van der Waals surface area contributed by atoms with Gasteiger partial charge in [-0.1, -0.05) is 30.3 Å². The van der Waals surface area contributed by atoms with Gasteiger partial charge in [-0.2, -0.15) is 0 Å². The molecule has 0 aliphatic carbocycles. The van der Waals surface area contributed by atoms with E-state index in [-0.39, 0.29) is 18.4 Å². The summed E-state index contributed by atoms with van der Waals surface area (Å²) in [6, 6.07) is 19.0. The molecule has 0 spiro atoms. The van der Waals surface area contributed by atoms with Crippen molar-refractivity contribution >= 4 is 28.3 Å². The monoisotopic (exact) mass is 471 g/mol. The van der Waals surface area contributed by atoms with Crippen LogP contribution in [-0.4, -0.2) is 28.3 Å². The number of pyridine rings is 1. The zero-order chi connectivity index (χ0) is 24.1. The number of benzene rings is 2.